The van der Waals surface area contributed by atoms with Crippen LogP contribution in [-0.4, -0.2) is 12.1 Å². The summed E-state index contributed by atoms with van der Waals surface area (Å²) in [5.74, 6) is 0.435. The molecular formula is C22H16BrN3O2. The molecule has 0 radical (unpaired) electrons. The minimum atomic E-state index is -0.286. The Morgan fingerprint density at radius 2 is 1.79 bits per heavy atom. The molecule has 0 aromatic heterocycles. The minimum Gasteiger partial charge on any atom is -0.489 e. The summed E-state index contributed by atoms with van der Waals surface area (Å²) in [5.41, 5.74) is 5.47. The first kappa shape index (κ1) is 19.3. The lowest BCUT2D eigenvalue weighted by Gasteiger charge is -2.06. The quantitative estimate of drug-likeness (QED) is 0.453. The van der Waals surface area contributed by atoms with Crippen LogP contribution in [0.5, 0.6) is 5.75 Å². The summed E-state index contributed by atoms with van der Waals surface area (Å²) < 4.78 is 6.45. The Labute approximate surface area is 171 Å². The fourth-order valence-electron chi connectivity index (χ4n) is 2.36. The van der Waals surface area contributed by atoms with Crippen molar-refractivity contribution < 1.29 is 9.53 Å². The van der Waals surface area contributed by atoms with Crippen molar-refractivity contribution >= 4 is 28.1 Å². The highest BCUT2D eigenvalue weighted by atomic mass is 79.9. The first-order valence-corrected chi connectivity index (χ1v) is 9.25. The Morgan fingerprint density at radius 1 is 1.07 bits per heavy atom. The molecule has 0 aliphatic rings. The van der Waals surface area contributed by atoms with Crippen LogP contribution in [0.4, 0.5) is 0 Å². The van der Waals surface area contributed by atoms with Crippen LogP contribution < -0.4 is 10.2 Å². The molecule has 5 nitrogen and oxygen atoms in total. The Balaban J connectivity index is 1.52. The summed E-state index contributed by atoms with van der Waals surface area (Å²) in [4.78, 5) is 12.1. The van der Waals surface area contributed by atoms with Crippen LogP contribution in [0.2, 0.25) is 0 Å². The lowest BCUT2D eigenvalue weighted by Crippen LogP contribution is -2.18. The molecule has 3 aromatic rings. The van der Waals surface area contributed by atoms with Crippen LogP contribution >= 0.6 is 15.9 Å². The van der Waals surface area contributed by atoms with Gasteiger partial charge >= 0.3 is 0 Å². The molecule has 0 bridgehead atoms. The first-order valence-electron chi connectivity index (χ1n) is 8.45. The van der Waals surface area contributed by atoms with Crippen LogP contribution in [0.25, 0.3) is 0 Å². The van der Waals surface area contributed by atoms with Crippen molar-refractivity contribution in [2.75, 3.05) is 0 Å². The number of carbonyl (C=O) groups excluding carboxylic acids is 1. The SMILES string of the molecule is N#Cc1ccc(COc2ccc(/C=N\NC(=O)c3ccccc3Br)cc2)cc1. The van der Waals surface area contributed by atoms with E-state index in [1.54, 1.807) is 36.5 Å². The molecule has 3 rings (SSSR count). The third-order valence-electron chi connectivity index (χ3n) is 3.87. The molecule has 1 amide bonds. The van der Waals surface area contributed by atoms with E-state index in [1.165, 1.54) is 0 Å². The smallest absolute Gasteiger partial charge is 0.272 e. The Bertz CT molecular complexity index is 1020. The van der Waals surface area contributed by atoms with Crippen molar-refractivity contribution in [3.05, 3.63) is 99.5 Å². The van der Waals surface area contributed by atoms with Gasteiger partial charge in [-0.2, -0.15) is 10.4 Å². The fraction of sp³-hybridized carbons (Fsp3) is 0.0455. The number of amides is 1. The molecule has 28 heavy (non-hydrogen) atoms. The summed E-state index contributed by atoms with van der Waals surface area (Å²) in [7, 11) is 0. The zero-order valence-electron chi connectivity index (χ0n) is 14.8. The zero-order valence-corrected chi connectivity index (χ0v) is 16.4. The number of nitrogens with one attached hydrogen (secondary N) is 1. The topological polar surface area (TPSA) is 74.5 Å². The molecule has 138 valence electrons. The van der Waals surface area contributed by atoms with Crippen molar-refractivity contribution in [2.24, 2.45) is 5.10 Å². The summed E-state index contributed by atoms with van der Waals surface area (Å²) in [6.45, 7) is 0.418. The summed E-state index contributed by atoms with van der Waals surface area (Å²) in [6.07, 6.45) is 1.57. The molecule has 1 N–H and O–H groups in total. The number of nitrogens with zero attached hydrogens (tertiary/aromatic N) is 2. The summed E-state index contributed by atoms with van der Waals surface area (Å²) in [5, 5.41) is 12.8. The van der Waals surface area contributed by atoms with E-state index >= 15 is 0 Å². The molecule has 0 aliphatic heterocycles. The van der Waals surface area contributed by atoms with Crippen LogP contribution in [0, 0.1) is 11.3 Å². The zero-order chi connectivity index (χ0) is 19.8. The van der Waals surface area contributed by atoms with Crippen molar-refractivity contribution in [2.45, 2.75) is 6.61 Å². The molecule has 0 atom stereocenters. The first-order chi connectivity index (χ1) is 13.7. The number of ether oxygens (including phenoxy) is 1. The second-order valence-electron chi connectivity index (χ2n) is 5.85. The maximum absolute atomic E-state index is 12.1. The molecule has 0 unspecified atom stereocenters. The largest absolute Gasteiger partial charge is 0.489 e. The van der Waals surface area contributed by atoms with Gasteiger partial charge in [0, 0.05) is 4.47 Å². The lowest BCUT2D eigenvalue weighted by atomic mass is 10.1. The van der Waals surface area contributed by atoms with Gasteiger partial charge in [0.15, 0.2) is 0 Å². The van der Waals surface area contributed by atoms with Crippen molar-refractivity contribution in [1.82, 2.24) is 5.43 Å². The molecule has 3 aromatic carbocycles. The van der Waals surface area contributed by atoms with E-state index in [1.807, 2.05) is 42.5 Å². The number of hydrazone groups is 1. The molecule has 0 spiro atoms. The number of rotatable bonds is 6. The third kappa shape index (κ3) is 5.29. The predicted molar refractivity (Wildman–Crippen MR) is 111 cm³/mol. The number of halogens is 1. The second kappa shape index (κ2) is 9.49. The Hall–Kier alpha value is -3.43. The molecule has 0 saturated carbocycles. The van der Waals surface area contributed by atoms with Crippen molar-refractivity contribution in [3.63, 3.8) is 0 Å². The summed E-state index contributed by atoms with van der Waals surface area (Å²) in [6, 6.07) is 23.9. The van der Waals surface area contributed by atoms with Crippen molar-refractivity contribution in [3.8, 4) is 11.8 Å². The average Bonchev–Trinajstić information content (AvgIpc) is 2.74. The van der Waals surface area contributed by atoms with E-state index in [2.05, 4.69) is 32.5 Å². The molecule has 0 heterocycles. The van der Waals surface area contributed by atoms with Gasteiger partial charge in [-0.1, -0.05) is 24.3 Å². The van der Waals surface area contributed by atoms with Gasteiger partial charge < -0.3 is 4.74 Å². The maximum atomic E-state index is 12.1. The Morgan fingerprint density at radius 3 is 2.46 bits per heavy atom. The normalized spacial score (nSPS) is 10.4. The standard InChI is InChI=1S/C22H16BrN3O2/c23-21-4-2-1-3-20(21)22(27)26-25-14-17-9-11-19(12-10-17)28-15-18-7-5-16(13-24)6-8-18/h1-12,14H,15H2,(H,26,27)/b25-14-. The van der Waals surface area contributed by atoms with Crippen LogP contribution in [-0.2, 0) is 6.61 Å². The van der Waals surface area contributed by atoms with Crippen molar-refractivity contribution in [1.29, 1.82) is 5.26 Å². The molecular weight excluding hydrogens is 418 g/mol. The van der Waals surface area contributed by atoms with E-state index in [-0.39, 0.29) is 5.91 Å². The number of hydrogen-bond acceptors (Lipinski definition) is 4. The van der Waals surface area contributed by atoms with Crippen LogP contribution in [0.1, 0.15) is 27.0 Å². The number of hydrogen-bond donors (Lipinski definition) is 1. The molecule has 0 saturated heterocycles. The fourth-order valence-corrected chi connectivity index (χ4v) is 2.83. The number of carbonyl (C=O) groups is 1. The maximum Gasteiger partial charge on any atom is 0.272 e. The third-order valence-corrected chi connectivity index (χ3v) is 4.56. The summed E-state index contributed by atoms with van der Waals surface area (Å²) >= 11 is 3.34. The second-order valence-corrected chi connectivity index (χ2v) is 6.70. The van der Waals surface area contributed by atoms with Gasteiger partial charge in [-0.15, -0.1) is 0 Å². The Kier molecular flexibility index (Phi) is 6.55. The van der Waals surface area contributed by atoms with Gasteiger partial charge in [0.25, 0.3) is 5.91 Å². The lowest BCUT2D eigenvalue weighted by molar-refractivity contribution is 0.0954. The average molecular weight is 434 g/mol. The monoisotopic (exact) mass is 433 g/mol. The van der Waals surface area contributed by atoms with E-state index in [0.29, 0.717) is 22.2 Å². The highest BCUT2D eigenvalue weighted by Gasteiger charge is 2.07. The van der Waals surface area contributed by atoms with Gasteiger partial charge in [0.1, 0.15) is 12.4 Å². The number of nitriles is 1. The minimum absolute atomic E-state index is 0.286. The predicted octanol–water partition coefficient (Wildman–Crippen LogP) is 4.66. The van der Waals surface area contributed by atoms with E-state index in [9.17, 15) is 4.79 Å². The van der Waals surface area contributed by atoms with Gasteiger partial charge in [0.05, 0.1) is 23.4 Å². The van der Waals surface area contributed by atoms with E-state index in [4.69, 9.17) is 10.00 Å². The molecule has 0 aliphatic carbocycles. The van der Waals surface area contributed by atoms with Gasteiger partial charge in [-0.05, 0) is 75.6 Å². The highest BCUT2D eigenvalue weighted by molar-refractivity contribution is 9.10. The molecule has 0 fully saturated rings. The van der Waals surface area contributed by atoms with Gasteiger partial charge in [-0.3, -0.25) is 4.79 Å². The van der Waals surface area contributed by atoms with Gasteiger partial charge in [0.2, 0.25) is 0 Å². The van der Waals surface area contributed by atoms with E-state index in [0.717, 1.165) is 16.9 Å². The molecule has 6 heteroatoms. The highest BCUT2D eigenvalue weighted by Crippen LogP contribution is 2.16. The van der Waals surface area contributed by atoms with Crippen LogP contribution in [0.15, 0.2) is 82.4 Å². The van der Waals surface area contributed by atoms with E-state index < -0.39 is 0 Å². The van der Waals surface area contributed by atoms with Gasteiger partial charge in [-0.25, -0.2) is 5.43 Å². The number of benzene rings is 3. The van der Waals surface area contributed by atoms with Crippen LogP contribution in [0.3, 0.4) is 0 Å².